The topological polar surface area (TPSA) is 41.1 Å². The molecule has 2 rings (SSSR count). The number of amides is 1. The monoisotopic (exact) mass is 364 g/mol. The van der Waals surface area contributed by atoms with Crippen molar-refractivity contribution in [1.29, 1.82) is 0 Å². The van der Waals surface area contributed by atoms with E-state index < -0.39 is 5.41 Å². The molecule has 0 aliphatic heterocycles. The summed E-state index contributed by atoms with van der Waals surface area (Å²) in [6, 6.07) is 5.79. The summed E-state index contributed by atoms with van der Waals surface area (Å²) in [5.74, 6) is 0.0943. The van der Waals surface area contributed by atoms with Gasteiger partial charge in [0, 0.05) is 12.6 Å². The van der Waals surface area contributed by atoms with Gasteiger partial charge in [-0.25, -0.2) is 0 Å². The second-order valence-electron chi connectivity index (χ2n) is 5.73. The molecule has 0 saturated heterocycles. The smallest absolute Gasteiger partial charge is 0.230 e. The fourth-order valence-corrected chi connectivity index (χ4v) is 3.10. The molecule has 124 valence electrons. The molecule has 0 bridgehead atoms. The lowest BCUT2D eigenvalue weighted by atomic mass is 9.64. The molecule has 1 aromatic carbocycles. The van der Waals surface area contributed by atoms with Crippen LogP contribution in [0.5, 0.6) is 0 Å². The van der Waals surface area contributed by atoms with Crippen molar-refractivity contribution in [2.24, 2.45) is 0 Å². The Hall–Kier alpha value is -0.480. The molecule has 0 unspecified atom stereocenters. The lowest BCUT2D eigenvalue weighted by molar-refractivity contribution is -0.130. The summed E-state index contributed by atoms with van der Waals surface area (Å²) < 4.78 is 0. The Morgan fingerprint density at radius 2 is 2.00 bits per heavy atom. The Balaban J connectivity index is 0.00000242. The summed E-state index contributed by atoms with van der Waals surface area (Å²) in [6.45, 7) is 5.66. The Morgan fingerprint density at radius 1 is 1.32 bits per heavy atom. The number of hydrogen-bond acceptors (Lipinski definition) is 2. The van der Waals surface area contributed by atoms with Crippen molar-refractivity contribution in [1.82, 2.24) is 10.6 Å². The number of hydrogen-bond donors (Lipinski definition) is 2. The Labute approximate surface area is 148 Å². The van der Waals surface area contributed by atoms with Crippen LogP contribution in [-0.2, 0) is 10.2 Å². The van der Waals surface area contributed by atoms with Gasteiger partial charge in [-0.1, -0.05) is 42.6 Å². The quantitative estimate of drug-likeness (QED) is 0.801. The predicted molar refractivity (Wildman–Crippen MR) is 95.4 cm³/mol. The summed E-state index contributed by atoms with van der Waals surface area (Å²) in [5, 5.41) is 7.39. The molecule has 1 aliphatic carbocycles. The summed E-state index contributed by atoms with van der Waals surface area (Å²) in [5.41, 5.74) is 0.539. The van der Waals surface area contributed by atoms with Crippen molar-refractivity contribution in [3.63, 3.8) is 0 Å². The van der Waals surface area contributed by atoms with Crippen LogP contribution in [0.4, 0.5) is 0 Å². The molecule has 0 heterocycles. The number of halogens is 3. The van der Waals surface area contributed by atoms with Gasteiger partial charge in [-0.15, -0.1) is 12.4 Å². The zero-order valence-corrected chi connectivity index (χ0v) is 15.2. The van der Waals surface area contributed by atoms with Gasteiger partial charge in [0.1, 0.15) is 0 Å². The minimum atomic E-state index is -0.430. The number of carbonyl (C=O) groups is 1. The zero-order chi connectivity index (χ0) is 15.5. The van der Waals surface area contributed by atoms with Crippen LogP contribution in [0.1, 0.15) is 38.7 Å². The van der Waals surface area contributed by atoms with E-state index in [1.807, 2.05) is 12.1 Å². The van der Waals surface area contributed by atoms with E-state index in [1.54, 1.807) is 6.07 Å². The molecule has 1 fully saturated rings. The lowest BCUT2D eigenvalue weighted by Crippen LogP contribution is -2.51. The summed E-state index contributed by atoms with van der Waals surface area (Å²) in [6.07, 6.45) is 2.80. The van der Waals surface area contributed by atoms with E-state index in [2.05, 4.69) is 24.5 Å². The number of carbonyl (C=O) groups excluding carboxylic acids is 1. The van der Waals surface area contributed by atoms with E-state index in [4.69, 9.17) is 23.2 Å². The summed E-state index contributed by atoms with van der Waals surface area (Å²) >= 11 is 12.1. The summed E-state index contributed by atoms with van der Waals surface area (Å²) in [7, 11) is 0. The Morgan fingerprint density at radius 3 is 2.50 bits per heavy atom. The van der Waals surface area contributed by atoms with Gasteiger partial charge >= 0.3 is 0 Å². The zero-order valence-electron chi connectivity index (χ0n) is 12.9. The highest BCUT2D eigenvalue weighted by Gasteiger charge is 2.45. The molecule has 0 aromatic heterocycles. The Kier molecular flexibility index (Phi) is 7.47. The van der Waals surface area contributed by atoms with Gasteiger partial charge < -0.3 is 10.6 Å². The first-order chi connectivity index (χ1) is 9.99. The molecule has 1 aliphatic rings. The van der Waals surface area contributed by atoms with Crippen LogP contribution in [0.3, 0.4) is 0 Å². The van der Waals surface area contributed by atoms with Crippen LogP contribution < -0.4 is 10.6 Å². The van der Waals surface area contributed by atoms with Gasteiger partial charge in [0.05, 0.1) is 15.5 Å². The first-order valence-corrected chi connectivity index (χ1v) is 8.22. The average molecular weight is 366 g/mol. The highest BCUT2D eigenvalue weighted by molar-refractivity contribution is 6.42. The molecular formula is C16H23Cl3N2O. The maximum atomic E-state index is 12.6. The maximum Gasteiger partial charge on any atom is 0.230 e. The molecule has 1 amide bonds. The van der Waals surface area contributed by atoms with Crippen LogP contribution in [0, 0.1) is 0 Å². The average Bonchev–Trinajstić information content (AvgIpc) is 2.39. The van der Waals surface area contributed by atoms with Crippen LogP contribution in [0.2, 0.25) is 10.0 Å². The van der Waals surface area contributed by atoms with E-state index >= 15 is 0 Å². The molecule has 2 N–H and O–H groups in total. The minimum absolute atomic E-state index is 0. The fourth-order valence-electron chi connectivity index (χ4n) is 2.81. The predicted octanol–water partition coefficient (Wildman–Crippen LogP) is 3.95. The molecule has 6 heteroatoms. The van der Waals surface area contributed by atoms with Crippen molar-refractivity contribution in [3.05, 3.63) is 33.8 Å². The Bertz CT molecular complexity index is 518. The van der Waals surface area contributed by atoms with Crippen molar-refractivity contribution in [2.75, 3.05) is 13.1 Å². The molecule has 22 heavy (non-hydrogen) atoms. The largest absolute Gasteiger partial charge is 0.354 e. The second kappa shape index (κ2) is 8.39. The standard InChI is InChI=1S/C16H22Cl2N2O.ClH/c1-3-19-11(2)10-20-15(21)16(7-4-8-16)12-5-6-13(17)14(18)9-12;/h5-6,9,11,19H,3-4,7-8,10H2,1-2H3,(H,20,21);1H/t11-;/m1./s1. The molecule has 1 saturated carbocycles. The van der Waals surface area contributed by atoms with Gasteiger partial charge in [0.2, 0.25) is 5.91 Å². The molecule has 1 aromatic rings. The van der Waals surface area contributed by atoms with Gasteiger partial charge in [-0.2, -0.15) is 0 Å². The summed E-state index contributed by atoms with van der Waals surface area (Å²) in [4.78, 5) is 12.6. The van der Waals surface area contributed by atoms with E-state index in [9.17, 15) is 4.79 Å². The molecule has 0 spiro atoms. The van der Waals surface area contributed by atoms with Crippen molar-refractivity contribution < 1.29 is 4.79 Å². The van der Waals surface area contributed by atoms with Gasteiger partial charge in [0.15, 0.2) is 0 Å². The van der Waals surface area contributed by atoms with E-state index in [-0.39, 0.29) is 24.4 Å². The minimum Gasteiger partial charge on any atom is -0.354 e. The van der Waals surface area contributed by atoms with Gasteiger partial charge in [-0.3, -0.25) is 4.79 Å². The van der Waals surface area contributed by atoms with Gasteiger partial charge in [-0.05, 0) is 44.0 Å². The highest BCUT2D eigenvalue weighted by atomic mass is 35.5. The van der Waals surface area contributed by atoms with Crippen molar-refractivity contribution in [2.45, 2.75) is 44.6 Å². The third-order valence-electron chi connectivity index (χ3n) is 4.24. The highest BCUT2D eigenvalue weighted by Crippen LogP contribution is 2.45. The van der Waals surface area contributed by atoms with Crippen LogP contribution in [-0.4, -0.2) is 25.0 Å². The SMILES string of the molecule is CCN[C@H](C)CNC(=O)C1(c2ccc(Cl)c(Cl)c2)CCC1.Cl. The van der Waals surface area contributed by atoms with Crippen molar-refractivity contribution >= 4 is 41.5 Å². The second-order valence-corrected chi connectivity index (χ2v) is 6.55. The van der Waals surface area contributed by atoms with Crippen LogP contribution in [0.15, 0.2) is 18.2 Å². The van der Waals surface area contributed by atoms with E-state index in [0.29, 0.717) is 16.6 Å². The molecular weight excluding hydrogens is 343 g/mol. The third-order valence-corrected chi connectivity index (χ3v) is 4.97. The van der Waals surface area contributed by atoms with Crippen LogP contribution in [0.25, 0.3) is 0 Å². The fraction of sp³-hybridized carbons (Fsp3) is 0.562. The number of likely N-dealkylation sites (N-methyl/N-ethyl adjacent to an activating group) is 1. The number of benzene rings is 1. The van der Waals surface area contributed by atoms with E-state index in [1.165, 1.54) is 0 Å². The van der Waals surface area contributed by atoms with Crippen molar-refractivity contribution in [3.8, 4) is 0 Å². The third kappa shape index (κ3) is 4.08. The first-order valence-electron chi connectivity index (χ1n) is 7.47. The molecule has 1 atom stereocenters. The normalized spacial score (nSPS) is 17.1. The first kappa shape index (κ1) is 19.6. The number of rotatable bonds is 6. The number of nitrogens with one attached hydrogen (secondary N) is 2. The maximum absolute atomic E-state index is 12.6. The van der Waals surface area contributed by atoms with E-state index in [0.717, 1.165) is 31.4 Å². The molecule has 0 radical (unpaired) electrons. The lowest BCUT2D eigenvalue weighted by Gasteiger charge is -2.41. The van der Waals surface area contributed by atoms with Gasteiger partial charge in [0.25, 0.3) is 0 Å². The van der Waals surface area contributed by atoms with Crippen LogP contribution >= 0.6 is 35.6 Å². The molecule has 3 nitrogen and oxygen atoms in total.